The van der Waals surface area contributed by atoms with Gasteiger partial charge in [0.2, 0.25) is 0 Å². The first kappa shape index (κ1) is 11.5. The zero-order chi connectivity index (χ0) is 10.6. The molecule has 14 heavy (non-hydrogen) atoms. The van der Waals surface area contributed by atoms with Gasteiger partial charge in [-0.25, -0.2) is 0 Å². The number of ether oxygens (including phenoxy) is 2. The topological polar surface area (TPSA) is 44.5 Å². The first-order chi connectivity index (χ1) is 6.69. The Morgan fingerprint density at radius 3 is 2.64 bits per heavy atom. The van der Waals surface area contributed by atoms with Crippen LogP contribution in [0.5, 0.6) is 5.75 Å². The van der Waals surface area contributed by atoms with Crippen LogP contribution in [-0.4, -0.2) is 20.8 Å². The second kappa shape index (κ2) is 5.34. The highest BCUT2D eigenvalue weighted by Crippen LogP contribution is 2.27. The van der Waals surface area contributed by atoms with Gasteiger partial charge in [-0.15, -0.1) is 0 Å². The number of methoxy groups -OCH3 is 2. The Balaban J connectivity index is 2.85. The zero-order valence-electron chi connectivity index (χ0n) is 8.29. The fourth-order valence-corrected chi connectivity index (χ4v) is 1.75. The third-order valence-corrected chi connectivity index (χ3v) is 2.57. The molecule has 1 rings (SSSR count). The van der Waals surface area contributed by atoms with Gasteiger partial charge in [0.05, 0.1) is 24.2 Å². The molecule has 1 aromatic carbocycles. The normalized spacial score (nSPS) is 12.6. The quantitative estimate of drug-likeness (QED) is 0.901. The Morgan fingerprint density at radius 1 is 1.43 bits per heavy atom. The average Bonchev–Trinajstić information content (AvgIpc) is 2.18. The van der Waals surface area contributed by atoms with Gasteiger partial charge in [0.25, 0.3) is 0 Å². The van der Waals surface area contributed by atoms with Gasteiger partial charge in [-0.3, -0.25) is 0 Å². The fourth-order valence-electron chi connectivity index (χ4n) is 1.19. The molecule has 0 unspecified atom stereocenters. The van der Waals surface area contributed by atoms with Crippen molar-refractivity contribution in [1.29, 1.82) is 0 Å². The van der Waals surface area contributed by atoms with Crippen molar-refractivity contribution in [2.24, 2.45) is 5.73 Å². The lowest BCUT2D eigenvalue weighted by molar-refractivity contribution is 0.181. The molecule has 0 aliphatic heterocycles. The van der Waals surface area contributed by atoms with E-state index in [1.165, 1.54) is 0 Å². The van der Waals surface area contributed by atoms with Crippen molar-refractivity contribution in [3.05, 3.63) is 28.2 Å². The van der Waals surface area contributed by atoms with Gasteiger partial charge >= 0.3 is 0 Å². The molecule has 0 bridgehead atoms. The monoisotopic (exact) mass is 259 g/mol. The van der Waals surface area contributed by atoms with E-state index in [9.17, 15) is 0 Å². The predicted octanol–water partition coefficient (Wildman–Crippen LogP) is 2.10. The summed E-state index contributed by atoms with van der Waals surface area (Å²) >= 11 is 3.41. The molecule has 0 amide bonds. The summed E-state index contributed by atoms with van der Waals surface area (Å²) in [5.41, 5.74) is 6.91. The Morgan fingerprint density at radius 2 is 2.14 bits per heavy atom. The molecule has 2 N–H and O–H groups in total. The lowest BCUT2D eigenvalue weighted by Gasteiger charge is -2.12. The number of rotatable bonds is 4. The van der Waals surface area contributed by atoms with Crippen molar-refractivity contribution in [2.75, 3.05) is 20.8 Å². The number of hydrogen-bond acceptors (Lipinski definition) is 3. The van der Waals surface area contributed by atoms with Crippen molar-refractivity contribution >= 4 is 15.9 Å². The van der Waals surface area contributed by atoms with Crippen LogP contribution in [0.3, 0.4) is 0 Å². The lowest BCUT2D eigenvalue weighted by atomic mass is 10.1. The number of halogens is 1. The Kier molecular flexibility index (Phi) is 4.38. The van der Waals surface area contributed by atoms with Gasteiger partial charge in [0.1, 0.15) is 5.75 Å². The minimum Gasteiger partial charge on any atom is -0.496 e. The van der Waals surface area contributed by atoms with Gasteiger partial charge in [0.15, 0.2) is 0 Å². The smallest absolute Gasteiger partial charge is 0.133 e. The predicted molar refractivity (Wildman–Crippen MR) is 59.5 cm³/mol. The minimum absolute atomic E-state index is 0.0952. The summed E-state index contributed by atoms with van der Waals surface area (Å²) in [6.45, 7) is 0.513. The van der Waals surface area contributed by atoms with Crippen LogP contribution >= 0.6 is 15.9 Å². The standard InChI is InChI=1S/C10H14BrNO2/c1-13-6-9(12)7-3-4-10(14-2)8(11)5-7/h3-5,9H,6,12H2,1-2H3/t9-/m1/s1. The molecular weight excluding hydrogens is 246 g/mol. The minimum atomic E-state index is -0.0952. The van der Waals surface area contributed by atoms with Crippen molar-refractivity contribution in [1.82, 2.24) is 0 Å². The highest BCUT2D eigenvalue weighted by Gasteiger charge is 2.08. The van der Waals surface area contributed by atoms with E-state index in [0.29, 0.717) is 6.61 Å². The van der Waals surface area contributed by atoms with Crippen LogP contribution < -0.4 is 10.5 Å². The average molecular weight is 260 g/mol. The first-order valence-electron chi connectivity index (χ1n) is 4.27. The molecule has 0 saturated heterocycles. The largest absolute Gasteiger partial charge is 0.496 e. The molecule has 0 saturated carbocycles. The molecule has 0 fully saturated rings. The maximum atomic E-state index is 5.88. The highest BCUT2D eigenvalue weighted by atomic mass is 79.9. The van der Waals surface area contributed by atoms with Gasteiger partial charge in [0, 0.05) is 7.11 Å². The molecule has 1 atom stereocenters. The van der Waals surface area contributed by atoms with Crippen LogP contribution in [-0.2, 0) is 4.74 Å². The van der Waals surface area contributed by atoms with Crippen molar-refractivity contribution in [3.63, 3.8) is 0 Å². The Labute approximate surface area is 92.3 Å². The van der Waals surface area contributed by atoms with E-state index in [-0.39, 0.29) is 6.04 Å². The van der Waals surface area contributed by atoms with Crippen LogP contribution in [0.1, 0.15) is 11.6 Å². The zero-order valence-corrected chi connectivity index (χ0v) is 9.87. The summed E-state index contributed by atoms with van der Waals surface area (Å²) in [7, 11) is 3.27. The Hall–Kier alpha value is -0.580. The highest BCUT2D eigenvalue weighted by molar-refractivity contribution is 9.10. The summed E-state index contributed by atoms with van der Waals surface area (Å²) in [6, 6.07) is 5.67. The number of benzene rings is 1. The van der Waals surface area contributed by atoms with Crippen LogP contribution in [0.2, 0.25) is 0 Å². The van der Waals surface area contributed by atoms with E-state index >= 15 is 0 Å². The molecule has 0 aliphatic carbocycles. The van der Waals surface area contributed by atoms with Crippen LogP contribution in [0.4, 0.5) is 0 Å². The van der Waals surface area contributed by atoms with Crippen molar-refractivity contribution < 1.29 is 9.47 Å². The fraction of sp³-hybridized carbons (Fsp3) is 0.400. The van der Waals surface area contributed by atoms with Crippen molar-refractivity contribution in [3.8, 4) is 5.75 Å². The Bertz CT molecular complexity index is 304. The molecule has 1 aromatic rings. The second-order valence-corrected chi connectivity index (χ2v) is 3.81. The van der Waals surface area contributed by atoms with Gasteiger partial charge in [-0.1, -0.05) is 6.07 Å². The lowest BCUT2D eigenvalue weighted by Crippen LogP contribution is -2.15. The number of hydrogen-bond donors (Lipinski definition) is 1. The second-order valence-electron chi connectivity index (χ2n) is 2.96. The maximum Gasteiger partial charge on any atom is 0.133 e. The summed E-state index contributed by atoms with van der Waals surface area (Å²) in [6.07, 6.45) is 0. The molecular formula is C10H14BrNO2. The van der Waals surface area contributed by atoms with Crippen LogP contribution in [0.25, 0.3) is 0 Å². The molecule has 0 spiro atoms. The third-order valence-electron chi connectivity index (χ3n) is 1.95. The third kappa shape index (κ3) is 2.70. The molecule has 0 aromatic heterocycles. The van der Waals surface area contributed by atoms with E-state index in [2.05, 4.69) is 15.9 Å². The van der Waals surface area contributed by atoms with E-state index in [4.69, 9.17) is 15.2 Å². The van der Waals surface area contributed by atoms with Crippen LogP contribution in [0, 0.1) is 0 Å². The molecule has 0 heterocycles. The molecule has 0 radical (unpaired) electrons. The molecule has 3 nitrogen and oxygen atoms in total. The summed E-state index contributed by atoms with van der Waals surface area (Å²) in [5, 5.41) is 0. The summed E-state index contributed by atoms with van der Waals surface area (Å²) < 4.78 is 11.0. The summed E-state index contributed by atoms with van der Waals surface area (Å²) in [5.74, 6) is 0.804. The molecule has 0 aliphatic rings. The number of nitrogens with two attached hydrogens (primary N) is 1. The van der Waals surface area contributed by atoms with E-state index in [1.54, 1.807) is 14.2 Å². The van der Waals surface area contributed by atoms with E-state index in [0.717, 1.165) is 15.8 Å². The molecule has 4 heteroatoms. The first-order valence-corrected chi connectivity index (χ1v) is 5.06. The van der Waals surface area contributed by atoms with Crippen molar-refractivity contribution in [2.45, 2.75) is 6.04 Å². The SMILES string of the molecule is COC[C@@H](N)c1ccc(OC)c(Br)c1. The van der Waals surface area contributed by atoms with Gasteiger partial charge < -0.3 is 15.2 Å². The van der Waals surface area contributed by atoms with E-state index in [1.807, 2.05) is 18.2 Å². The van der Waals surface area contributed by atoms with Crippen LogP contribution in [0.15, 0.2) is 22.7 Å². The van der Waals surface area contributed by atoms with Gasteiger partial charge in [-0.2, -0.15) is 0 Å². The summed E-state index contributed by atoms with van der Waals surface area (Å²) in [4.78, 5) is 0. The van der Waals surface area contributed by atoms with E-state index < -0.39 is 0 Å². The maximum absolute atomic E-state index is 5.88. The van der Waals surface area contributed by atoms with Gasteiger partial charge in [-0.05, 0) is 33.6 Å². The molecule has 78 valence electrons.